The molecule has 0 spiro atoms. The molecular formula is C14H18O4. The van der Waals surface area contributed by atoms with Crippen molar-refractivity contribution < 1.29 is 19.1 Å². The van der Waals surface area contributed by atoms with Crippen LogP contribution in [0.15, 0.2) is 24.3 Å². The molecule has 4 heteroatoms. The fourth-order valence-corrected chi connectivity index (χ4v) is 1.52. The first-order valence-corrected chi connectivity index (χ1v) is 5.94. The predicted octanol–water partition coefficient (Wildman–Crippen LogP) is 2.01. The summed E-state index contributed by atoms with van der Waals surface area (Å²) in [5.41, 5.74) is 1.63. The van der Waals surface area contributed by atoms with Crippen LogP contribution in [0, 0.1) is 0 Å². The third kappa shape index (κ3) is 4.67. The zero-order valence-corrected chi connectivity index (χ0v) is 10.8. The highest BCUT2D eigenvalue weighted by atomic mass is 16.5. The Morgan fingerprint density at radius 3 is 2.39 bits per heavy atom. The van der Waals surface area contributed by atoms with Crippen molar-refractivity contribution in [1.82, 2.24) is 0 Å². The second-order valence-corrected chi connectivity index (χ2v) is 3.84. The molecule has 0 fully saturated rings. The van der Waals surface area contributed by atoms with Crippen molar-refractivity contribution in [2.24, 2.45) is 0 Å². The lowest BCUT2D eigenvalue weighted by atomic mass is 10.0. The minimum atomic E-state index is -0.481. The smallest absolute Gasteiger partial charge is 0.313 e. The van der Waals surface area contributed by atoms with Gasteiger partial charge in [-0.3, -0.25) is 9.59 Å². The lowest BCUT2D eigenvalue weighted by Crippen LogP contribution is -2.11. The van der Waals surface area contributed by atoms with Crippen LogP contribution in [-0.2, 0) is 20.7 Å². The molecule has 4 nitrogen and oxygen atoms in total. The summed E-state index contributed by atoms with van der Waals surface area (Å²) in [5.74, 6) is -0.697. The van der Waals surface area contributed by atoms with Crippen LogP contribution in [-0.4, -0.2) is 32.1 Å². The molecule has 0 bridgehead atoms. The minimum absolute atomic E-state index is 0.203. The van der Waals surface area contributed by atoms with Crippen LogP contribution < -0.4 is 0 Å². The maximum absolute atomic E-state index is 11.7. The molecule has 0 heterocycles. The van der Waals surface area contributed by atoms with E-state index in [1.54, 1.807) is 26.2 Å². The van der Waals surface area contributed by atoms with Crippen molar-refractivity contribution in [3.8, 4) is 0 Å². The maximum Gasteiger partial charge on any atom is 0.313 e. The molecular weight excluding hydrogens is 232 g/mol. The van der Waals surface area contributed by atoms with Crippen LogP contribution in [0.4, 0.5) is 0 Å². The van der Waals surface area contributed by atoms with Gasteiger partial charge in [-0.15, -0.1) is 0 Å². The molecule has 1 aromatic carbocycles. The van der Waals surface area contributed by atoms with E-state index in [0.29, 0.717) is 18.8 Å². The molecule has 18 heavy (non-hydrogen) atoms. The van der Waals surface area contributed by atoms with Crippen molar-refractivity contribution in [1.29, 1.82) is 0 Å². The monoisotopic (exact) mass is 250 g/mol. The van der Waals surface area contributed by atoms with Crippen LogP contribution in [0.3, 0.4) is 0 Å². The molecule has 0 unspecified atom stereocenters. The van der Waals surface area contributed by atoms with Gasteiger partial charge >= 0.3 is 5.97 Å². The van der Waals surface area contributed by atoms with E-state index in [1.807, 2.05) is 12.1 Å². The number of methoxy groups -OCH3 is 1. The maximum atomic E-state index is 11.7. The normalized spacial score (nSPS) is 10.1. The van der Waals surface area contributed by atoms with Gasteiger partial charge in [0.25, 0.3) is 0 Å². The Hall–Kier alpha value is -1.68. The standard InChI is InChI=1S/C14H18O4/c1-3-18-14(16)10-13(15)12-6-4-11(5-7-12)8-9-17-2/h4-7H,3,8-10H2,1-2H3. The van der Waals surface area contributed by atoms with E-state index in [0.717, 1.165) is 12.0 Å². The van der Waals surface area contributed by atoms with Gasteiger partial charge in [-0.05, 0) is 18.9 Å². The van der Waals surface area contributed by atoms with E-state index in [9.17, 15) is 9.59 Å². The highest BCUT2D eigenvalue weighted by Gasteiger charge is 2.12. The molecule has 0 N–H and O–H groups in total. The van der Waals surface area contributed by atoms with E-state index in [1.165, 1.54) is 0 Å². The first-order chi connectivity index (χ1) is 8.67. The van der Waals surface area contributed by atoms with E-state index < -0.39 is 5.97 Å². The average Bonchev–Trinajstić information content (AvgIpc) is 2.37. The van der Waals surface area contributed by atoms with E-state index in [4.69, 9.17) is 9.47 Å². The lowest BCUT2D eigenvalue weighted by Gasteiger charge is -2.04. The van der Waals surface area contributed by atoms with Gasteiger partial charge in [0.2, 0.25) is 0 Å². The summed E-state index contributed by atoms with van der Waals surface area (Å²) in [6, 6.07) is 7.20. The largest absolute Gasteiger partial charge is 0.466 e. The number of esters is 1. The molecule has 0 saturated carbocycles. The number of rotatable bonds is 7. The van der Waals surface area contributed by atoms with E-state index >= 15 is 0 Å². The van der Waals surface area contributed by atoms with Gasteiger partial charge in [-0.1, -0.05) is 24.3 Å². The Balaban J connectivity index is 2.56. The van der Waals surface area contributed by atoms with E-state index in [-0.39, 0.29) is 12.2 Å². The second-order valence-electron chi connectivity index (χ2n) is 3.84. The van der Waals surface area contributed by atoms with Gasteiger partial charge in [0.15, 0.2) is 5.78 Å². The second kappa shape index (κ2) is 7.61. The summed E-state index contributed by atoms with van der Waals surface area (Å²) in [7, 11) is 1.65. The van der Waals surface area contributed by atoms with Crippen molar-refractivity contribution in [2.75, 3.05) is 20.3 Å². The molecule has 0 aliphatic heterocycles. The summed E-state index contributed by atoms with van der Waals surface area (Å²) < 4.78 is 9.71. The zero-order valence-electron chi connectivity index (χ0n) is 10.8. The molecule has 0 aliphatic carbocycles. The molecule has 0 aromatic heterocycles. The quantitative estimate of drug-likeness (QED) is 0.422. The first-order valence-electron chi connectivity index (χ1n) is 5.94. The summed E-state index contributed by atoms with van der Waals surface area (Å²) in [6.07, 6.45) is 0.605. The highest BCUT2D eigenvalue weighted by molar-refractivity contribution is 6.05. The fraction of sp³-hybridized carbons (Fsp3) is 0.429. The summed E-state index contributed by atoms with van der Waals surface area (Å²) in [6.45, 7) is 2.66. The molecule has 1 rings (SSSR count). The van der Waals surface area contributed by atoms with Gasteiger partial charge < -0.3 is 9.47 Å². The Morgan fingerprint density at radius 2 is 1.83 bits per heavy atom. The number of carbonyl (C=O) groups is 2. The minimum Gasteiger partial charge on any atom is -0.466 e. The molecule has 0 atom stereocenters. The number of carbonyl (C=O) groups excluding carboxylic acids is 2. The third-order valence-corrected chi connectivity index (χ3v) is 2.48. The van der Waals surface area contributed by atoms with Crippen molar-refractivity contribution in [2.45, 2.75) is 19.8 Å². The Bertz CT molecular complexity index is 395. The first kappa shape index (κ1) is 14.4. The van der Waals surface area contributed by atoms with Gasteiger partial charge in [0, 0.05) is 12.7 Å². The van der Waals surface area contributed by atoms with Crippen molar-refractivity contribution in [3.63, 3.8) is 0 Å². The molecule has 1 aromatic rings. The molecule has 0 amide bonds. The van der Waals surface area contributed by atoms with Gasteiger partial charge in [0.05, 0.1) is 13.2 Å². The number of hydrogen-bond acceptors (Lipinski definition) is 4. The van der Waals surface area contributed by atoms with Crippen molar-refractivity contribution >= 4 is 11.8 Å². The van der Waals surface area contributed by atoms with Crippen LogP contribution in [0.1, 0.15) is 29.3 Å². The Labute approximate surface area is 107 Å². The van der Waals surface area contributed by atoms with Gasteiger partial charge in [-0.25, -0.2) is 0 Å². The summed E-state index contributed by atoms with van der Waals surface area (Å²) in [4.78, 5) is 22.9. The molecule has 98 valence electrons. The fourth-order valence-electron chi connectivity index (χ4n) is 1.52. The molecule has 0 radical (unpaired) electrons. The molecule has 0 saturated heterocycles. The SMILES string of the molecule is CCOC(=O)CC(=O)c1ccc(CCOC)cc1. The van der Waals surface area contributed by atoms with Gasteiger partial charge in [0.1, 0.15) is 6.42 Å². The van der Waals surface area contributed by atoms with Crippen LogP contribution in [0.5, 0.6) is 0 Å². The number of ketones is 1. The number of Topliss-reactive ketones (excluding diaryl/α,β-unsaturated/α-hetero) is 1. The third-order valence-electron chi connectivity index (χ3n) is 2.48. The lowest BCUT2D eigenvalue weighted by molar-refractivity contribution is -0.141. The number of ether oxygens (including phenoxy) is 2. The number of hydrogen-bond donors (Lipinski definition) is 0. The van der Waals surface area contributed by atoms with Crippen LogP contribution >= 0.6 is 0 Å². The Morgan fingerprint density at radius 1 is 1.17 bits per heavy atom. The van der Waals surface area contributed by atoms with Crippen molar-refractivity contribution in [3.05, 3.63) is 35.4 Å². The topological polar surface area (TPSA) is 52.6 Å². The predicted molar refractivity (Wildman–Crippen MR) is 67.6 cm³/mol. The summed E-state index contributed by atoms with van der Waals surface area (Å²) in [5, 5.41) is 0. The Kier molecular flexibility index (Phi) is 6.08. The highest BCUT2D eigenvalue weighted by Crippen LogP contribution is 2.08. The van der Waals surface area contributed by atoms with Crippen LogP contribution in [0.2, 0.25) is 0 Å². The van der Waals surface area contributed by atoms with E-state index in [2.05, 4.69) is 0 Å². The summed E-state index contributed by atoms with van der Waals surface area (Å²) >= 11 is 0. The van der Waals surface area contributed by atoms with Crippen LogP contribution in [0.25, 0.3) is 0 Å². The average molecular weight is 250 g/mol. The zero-order chi connectivity index (χ0) is 13.4. The number of benzene rings is 1. The molecule has 0 aliphatic rings. The van der Waals surface area contributed by atoms with Gasteiger partial charge in [-0.2, -0.15) is 0 Å².